The van der Waals surface area contributed by atoms with Crippen LogP contribution in [0.5, 0.6) is 0 Å². The van der Waals surface area contributed by atoms with Gasteiger partial charge in [0.05, 0.1) is 12.2 Å². The maximum Gasteiger partial charge on any atom is 0.267 e. The standard InChI is InChI=1S/C22H22N4O3/c1-15-13-16(2)26(24-15)14-17-7-9-19(10-8-17)22(28)23-20-6-4-3-5-18(20)11-12-21(27)25-29/h3-13,29H,14H2,1-2H3,(H,23,28)(H,25,27)/b12-11+. The highest BCUT2D eigenvalue weighted by atomic mass is 16.5. The van der Waals surface area contributed by atoms with Crippen LogP contribution in [0.15, 0.2) is 60.7 Å². The van der Waals surface area contributed by atoms with Gasteiger partial charge in [-0.05, 0) is 55.3 Å². The molecule has 3 aromatic rings. The van der Waals surface area contributed by atoms with Crippen molar-refractivity contribution >= 4 is 23.6 Å². The Morgan fingerprint density at radius 1 is 1.10 bits per heavy atom. The van der Waals surface area contributed by atoms with Crippen molar-refractivity contribution in [2.75, 3.05) is 5.32 Å². The fourth-order valence-corrected chi connectivity index (χ4v) is 2.92. The Bertz CT molecular complexity index is 1050. The largest absolute Gasteiger partial charge is 0.321 e. The number of hydroxylamine groups is 1. The van der Waals surface area contributed by atoms with Crippen LogP contribution in [0.2, 0.25) is 0 Å². The number of hydrogen-bond acceptors (Lipinski definition) is 4. The average Bonchev–Trinajstić information content (AvgIpc) is 3.04. The number of aromatic nitrogens is 2. The second-order valence-corrected chi connectivity index (χ2v) is 6.63. The molecule has 0 radical (unpaired) electrons. The van der Waals surface area contributed by atoms with Crippen molar-refractivity contribution < 1.29 is 14.8 Å². The number of aryl methyl sites for hydroxylation is 2. The van der Waals surface area contributed by atoms with Gasteiger partial charge in [-0.15, -0.1) is 0 Å². The number of nitrogens with one attached hydrogen (secondary N) is 2. The first-order valence-corrected chi connectivity index (χ1v) is 9.09. The number of rotatable bonds is 6. The number of nitrogens with zero attached hydrogens (tertiary/aromatic N) is 2. The van der Waals surface area contributed by atoms with Crippen molar-refractivity contribution in [1.82, 2.24) is 15.3 Å². The third-order valence-electron chi connectivity index (χ3n) is 4.39. The molecule has 0 spiro atoms. The van der Waals surface area contributed by atoms with Gasteiger partial charge in [0, 0.05) is 23.0 Å². The molecule has 0 atom stereocenters. The third kappa shape index (κ3) is 5.18. The van der Waals surface area contributed by atoms with Crippen LogP contribution in [0.3, 0.4) is 0 Å². The van der Waals surface area contributed by atoms with Crippen LogP contribution in [0.25, 0.3) is 6.08 Å². The molecule has 7 heteroatoms. The normalized spacial score (nSPS) is 10.9. The van der Waals surface area contributed by atoms with E-state index >= 15 is 0 Å². The minimum Gasteiger partial charge on any atom is -0.321 e. The maximum atomic E-state index is 12.6. The second-order valence-electron chi connectivity index (χ2n) is 6.63. The van der Waals surface area contributed by atoms with Crippen LogP contribution in [0.4, 0.5) is 5.69 Å². The molecule has 1 aromatic heterocycles. The SMILES string of the molecule is Cc1cc(C)n(Cc2ccc(C(=O)Nc3ccccc3/C=C/C(=O)NO)cc2)n1. The third-order valence-corrected chi connectivity index (χ3v) is 4.39. The van der Waals surface area contributed by atoms with Gasteiger partial charge in [0.1, 0.15) is 0 Å². The lowest BCUT2D eigenvalue weighted by Gasteiger charge is -2.10. The highest BCUT2D eigenvalue weighted by Gasteiger charge is 2.09. The molecule has 0 saturated heterocycles. The quantitative estimate of drug-likeness (QED) is 0.342. The topological polar surface area (TPSA) is 96.2 Å². The van der Waals surface area contributed by atoms with E-state index in [0.29, 0.717) is 23.4 Å². The number of hydrogen-bond donors (Lipinski definition) is 3. The lowest BCUT2D eigenvalue weighted by molar-refractivity contribution is -0.124. The summed E-state index contributed by atoms with van der Waals surface area (Å²) in [6.45, 7) is 4.61. The number of benzene rings is 2. The van der Waals surface area contributed by atoms with Gasteiger partial charge in [0.2, 0.25) is 0 Å². The van der Waals surface area contributed by atoms with E-state index in [9.17, 15) is 9.59 Å². The number of anilines is 1. The minimum absolute atomic E-state index is 0.255. The molecule has 1 heterocycles. The summed E-state index contributed by atoms with van der Waals surface area (Å²) in [7, 11) is 0. The smallest absolute Gasteiger partial charge is 0.267 e. The molecule has 0 aliphatic carbocycles. The van der Waals surface area contributed by atoms with Crippen LogP contribution >= 0.6 is 0 Å². The maximum absolute atomic E-state index is 12.6. The Hall–Kier alpha value is -3.71. The molecule has 0 saturated carbocycles. The lowest BCUT2D eigenvalue weighted by atomic mass is 10.1. The monoisotopic (exact) mass is 390 g/mol. The number of carbonyl (C=O) groups is 2. The summed E-state index contributed by atoms with van der Waals surface area (Å²) in [5.41, 5.74) is 6.37. The zero-order chi connectivity index (χ0) is 20.8. The Labute approximate surface area is 168 Å². The van der Waals surface area contributed by atoms with Gasteiger partial charge < -0.3 is 5.32 Å². The molecule has 3 rings (SSSR count). The Morgan fingerprint density at radius 3 is 2.48 bits per heavy atom. The number of amides is 2. The van der Waals surface area contributed by atoms with E-state index < -0.39 is 5.91 Å². The van der Waals surface area contributed by atoms with Crippen LogP contribution in [-0.2, 0) is 11.3 Å². The highest BCUT2D eigenvalue weighted by Crippen LogP contribution is 2.18. The molecular weight excluding hydrogens is 368 g/mol. The van der Waals surface area contributed by atoms with Gasteiger partial charge in [-0.1, -0.05) is 30.3 Å². The summed E-state index contributed by atoms with van der Waals surface area (Å²) in [5, 5.41) is 15.9. The summed E-state index contributed by atoms with van der Waals surface area (Å²) < 4.78 is 1.93. The first-order chi connectivity index (χ1) is 14.0. The molecule has 29 heavy (non-hydrogen) atoms. The van der Waals surface area contributed by atoms with E-state index in [4.69, 9.17) is 5.21 Å². The number of para-hydroxylation sites is 1. The second kappa shape index (κ2) is 8.99. The summed E-state index contributed by atoms with van der Waals surface area (Å²) in [4.78, 5) is 23.8. The fraction of sp³-hybridized carbons (Fsp3) is 0.136. The van der Waals surface area contributed by atoms with Crippen LogP contribution in [-0.4, -0.2) is 26.8 Å². The molecular formula is C22H22N4O3. The van der Waals surface area contributed by atoms with Crippen molar-refractivity contribution in [3.05, 3.63) is 88.8 Å². The van der Waals surface area contributed by atoms with E-state index in [-0.39, 0.29) is 5.91 Å². The van der Waals surface area contributed by atoms with E-state index in [1.54, 1.807) is 36.4 Å². The molecule has 0 bridgehead atoms. The summed E-state index contributed by atoms with van der Waals surface area (Å²) in [6, 6.07) is 16.5. The van der Waals surface area contributed by atoms with E-state index in [1.165, 1.54) is 17.6 Å². The molecule has 0 aliphatic heterocycles. The van der Waals surface area contributed by atoms with Crippen LogP contribution in [0.1, 0.15) is 32.9 Å². The molecule has 0 unspecified atom stereocenters. The molecule has 0 aliphatic rings. The fourth-order valence-electron chi connectivity index (χ4n) is 2.92. The van der Waals surface area contributed by atoms with Crippen molar-refractivity contribution in [3.63, 3.8) is 0 Å². The van der Waals surface area contributed by atoms with E-state index in [2.05, 4.69) is 10.4 Å². The van der Waals surface area contributed by atoms with Gasteiger partial charge in [-0.25, -0.2) is 5.48 Å². The molecule has 2 aromatic carbocycles. The van der Waals surface area contributed by atoms with Gasteiger partial charge in [-0.3, -0.25) is 19.5 Å². The van der Waals surface area contributed by atoms with Crippen molar-refractivity contribution in [3.8, 4) is 0 Å². The first kappa shape index (κ1) is 20.0. The Kier molecular flexibility index (Phi) is 6.21. The summed E-state index contributed by atoms with van der Waals surface area (Å²) >= 11 is 0. The summed E-state index contributed by atoms with van der Waals surface area (Å²) in [6.07, 6.45) is 2.69. The van der Waals surface area contributed by atoms with Crippen LogP contribution < -0.4 is 10.8 Å². The summed E-state index contributed by atoms with van der Waals surface area (Å²) in [5.74, 6) is -0.903. The molecule has 148 valence electrons. The molecule has 0 fully saturated rings. The lowest BCUT2D eigenvalue weighted by Crippen LogP contribution is -2.15. The zero-order valence-electron chi connectivity index (χ0n) is 16.2. The van der Waals surface area contributed by atoms with Crippen molar-refractivity contribution in [2.24, 2.45) is 0 Å². The zero-order valence-corrected chi connectivity index (χ0v) is 16.2. The van der Waals surface area contributed by atoms with Gasteiger partial charge in [-0.2, -0.15) is 5.10 Å². The predicted molar refractivity (Wildman–Crippen MR) is 111 cm³/mol. The van der Waals surface area contributed by atoms with Crippen molar-refractivity contribution in [1.29, 1.82) is 0 Å². The predicted octanol–water partition coefficient (Wildman–Crippen LogP) is 3.32. The Morgan fingerprint density at radius 2 is 1.83 bits per heavy atom. The first-order valence-electron chi connectivity index (χ1n) is 9.09. The van der Waals surface area contributed by atoms with Gasteiger partial charge in [0.25, 0.3) is 11.8 Å². The average molecular weight is 390 g/mol. The van der Waals surface area contributed by atoms with Crippen molar-refractivity contribution in [2.45, 2.75) is 20.4 Å². The molecule has 7 nitrogen and oxygen atoms in total. The highest BCUT2D eigenvalue weighted by molar-refractivity contribution is 6.05. The van der Waals surface area contributed by atoms with Crippen LogP contribution in [0, 0.1) is 13.8 Å². The molecule has 2 amide bonds. The molecule has 3 N–H and O–H groups in total. The number of carbonyl (C=O) groups excluding carboxylic acids is 2. The van der Waals surface area contributed by atoms with E-state index in [1.807, 2.05) is 36.7 Å². The van der Waals surface area contributed by atoms with E-state index in [0.717, 1.165) is 17.0 Å². The van der Waals surface area contributed by atoms with Gasteiger partial charge in [0.15, 0.2) is 0 Å². The Balaban J connectivity index is 1.71. The minimum atomic E-state index is -0.649. The van der Waals surface area contributed by atoms with Gasteiger partial charge >= 0.3 is 0 Å².